The second-order valence-electron chi connectivity index (χ2n) is 3.39. The maximum Gasteiger partial charge on any atom is 0.251 e. The topological polar surface area (TPSA) is 49.3 Å². The van der Waals surface area contributed by atoms with Crippen LogP contribution < -0.4 is 5.32 Å². The summed E-state index contributed by atoms with van der Waals surface area (Å²) < 4.78 is 0. The fourth-order valence-electron chi connectivity index (χ4n) is 1.09. The molecule has 0 aromatic heterocycles. The standard InChI is InChI=1S/C11H14ClNO2/c1-8(14)7-13-11(15)10-4-2-9(6-12)3-5-10/h2-5,8,14H,6-7H2,1H3,(H,13,15). The van der Waals surface area contributed by atoms with Gasteiger partial charge in [-0.05, 0) is 24.6 Å². The van der Waals surface area contributed by atoms with E-state index in [1.54, 1.807) is 19.1 Å². The van der Waals surface area contributed by atoms with Crippen LogP contribution in [0.4, 0.5) is 0 Å². The maximum absolute atomic E-state index is 11.5. The van der Waals surface area contributed by atoms with Crippen molar-refractivity contribution in [3.05, 3.63) is 35.4 Å². The Hall–Kier alpha value is -1.06. The number of aliphatic hydroxyl groups is 1. The van der Waals surface area contributed by atoms with E-state index in [-0.39, 0.29) is 12.5 Å². The molecule has 0 spiro atoms. The number of amides is 1. The van der Waals surface area contributed by atoms with Crippen LogP contribution in [-0.2, 0) is 5.88 Å². The summed E-state index contributed by atoms with van der Waals surface area (Å²) in [4.78, 5) is 11.5. The lowest BCUT2D eigenvalue weighted by molar-refractivity contribution is 0.0924. The zero-order chi connectivity index (χ0) is 11.3. The minimum Gasteiger partial charge on any atom is -0.392 e. The van der Waals surface area contributed by atoms with E-state index in [4.69, 9.17) is 16.7 Å². The number of aliphatic hydroxyl groups excluding tert-OH is 1. The highest BCUT2D eigenvalue weighted by Gasteiger charge is 2.05. The van der Waals surface area contributed by atoms with Gasteiger partial charge in [0.05, 0.1) is 6.10 Å². The number of carbonyl (C=O) groups is 1. The number of alkyl halides is 1. The molecule has 1 aromatic rings. The summed E-state index contributed by atoms with van der Waals surface area (Å²) in [6, 6.07) is 7.05. The second kappa shape index (κ2) is 5.73. The van der Waals surface area contributed by atoms with Gasteiger partial charge in [-0.25, -0.2) is 0 Å². The number of rotatable bonds is 4. The lowest BCUT2D eigenvalue weighted by Crippen LogP contribution is -2.30. The quantitative estimate of drug-likeness (QED) is 0.767. The van der Waals surface area contributed by atoms with E-state index >= 15 is 0 Å². The van der Waals surface area contributed by atoms with Crippen molar-refractivity contribution in [2.45, 2.75) is 18.9 Å². The fourth-order valence-corrected chi connectivity index (χ4v) is 1.27. The van der Waals surface area contributed by atoms with Crippen LogP contribution in [0.5, 0.6) is 0 Å². The molecule has 0 saturated carbocycles. The first-order chi connectivity index (χ1) is 7.13. The van der Waals surface area contributed by atoms with Gasteiger partial charge in [-0.15, -0.1) is 11.6 Å². The van der Waals surface area contributed by atoms with Gasteiger partial charge in [0.25, 0.3) is 5.91 Å². The van der Waals surface area contributed by atoms with Gasteiger partial charge in [0, 0.05) is 18.0 Å². The van der Waals surface area contributed by atoms with Gasteiger partial charge in [0.15, 0.2) is 0 Å². The van der Waals surface area contributed by atoms with Crippen LogP contribution in [-0.4, -0.2) is 23.7 Å². The van der Waals surface area contributed by atoms with E-state index in [9.17, 15) is 4.79 Å². The summed E-state index contributed by atoms with van der Waals surface area (Å²) >= 11 is 5.63. The molecule has 0 aliphatic carbocycles. The minimum atomic E-state index is -0.531. The largest absolute Gasteiger partial charge is 0.392 e. The molecule has 0 aliphatic heterocycles. The molecule has 82 valence electrons. The first kappa shape index (κ1) is 12.0. The molecule has 0 heterocycles. The van der Waals surface area contributed by atoms with E-state index in [1.807, 2.05) is 12.1 Å². The first-order valence-corrected chi connectivity index (χ1v) is 5.28. The number of hydrogen-bond acceptors (Lipinski definition) is 2. The number of benzene rings is 1. The van der Waals surface area contributed by atoms with Crippen molar-refractivity contribution < 1.29 is 9.90 Å². The highest BCUT2D eigenvalue weighted by atomic mass is 35.5. The third-order valence-electron chi connectivity index (χ3n) is 1.93. The van der Waals surface area contributed by atoms with Gasteiger partial charge in [-0.3, -0.25) is 4.79 Å². The SMILES string of the molecule is CC(O)CNC(=O)c1ccc(CCl)cc1. The molecular formula is C11H14ClNO2. The van der Waals surface area contributed by atoms with E-state index in [0.29, 0.717) is 11.4 Å². The number of halogens is 1. The van der Waals surface area contributed by atoms with Crippen molar-refractivity contribution in [2.24, 2.45) is 0 Å². The highest BCUT2D eigenvalue weighted by molar-refractivity contribution is 6.17. The number of carbonyl (C=O) groups excluding carboxylic acids is 1. The van der Waals surface area contributed by atoms with Crippen molar-refractivity contribution in [1.29, 1.82) is 0 Å². The normalized spacial score (nSPS) is 12.2. The van der Waals surface area contributed by atoms with Gasteiger partial charge in [-0.2, -0.15) is 0 Å². The summed E-state index contributed by atoms with van der Waals surface area (Å²) in [5.41, 5.74) is 1.55. The zero-order valence-electron chi connectivity index (χ0n) is 8.53. The molecule has 1 aromatic carbocycles. The molecule has 0 radical (unpaired) electrons. The molecule has 0 bridgehead atoms. The molecule has 0 fully saturated rings. The highest BCUT2D eigenvalue weighted by Crippen LogP contribution is 2.06. The molecule has 3 nitrogen and oxygen atoms in total. The summed E-state index contributed by atoms with van der Waals surface area (Å²) in [5, 5.41) is 11.6. The molecule has 1 rings (SSSR count). The van der Waals surface area contributed by atoms with Crippen molar-refractivity contribution in [2.75, 3.05) is 6.54 Å². The monoisotopic (exact) mass is 227 g/mol. The Balaban J connectivity index is 2.58. The molecule has 1 atom stereocenters. The molecule has 15 heavy (non-hydrogen) atoms. The van der Waals surface area contributed by atoms with Crippen molar-refractivity contribution in [1.82, 2.24) is 5.32 Å². The minimum absolute atomic E-state index is 0.183. The number of hydrogen-bond donors (Lipinski definition) is 2. The Kier molecular flexibility index (Phi) is 4.59. The Labute approximate surface area is 94.1 Å². The lowest BCUT2D eigenvalue weighted by Gasteiger charge is -2.07. The van der Waals surface area contributed by atoms with Gasteiger partial charge in [0.1, 0.15) is 0 Å². The fraction of sp³-hybridized carbons (Fsp3) is 0.364. The molecule has 1 unspecified atom stereocenters. The van der Waals surface area contributed by atoms with Gasteiger partial charge in [-0.1, -0.05) is 12.1 Å². The van der Waals surface area contributed by atoms with Crippen LogP contribution in [0.2, 0.25) is 0 Å². The third kappa shape index (κ3) is 3.90. The van der Waals surface area contributed by atoms with Crippen LogP contribution in [0.1, 0.15) is 22.8 Å². The van der Waals surface area contributed by atoms with Crippen molar-refractivity contribution >= 4 is 17.5 Å². The average molecular weight is 228 g/mol. The van der Waals surface area contributed by atoms with Crippen LogP contribution in [0.25, 0.3) is 0 Å². The van der Waals surface area contributed by atoms with Crippen LogP contribution in [0.15, 0.2) is 24.3 Å². The van der Waals surface area contributed by atoms with Gasteiger partial charge >= 0.3 is 0 Å². The predicted octanol–water partition coefficient (Wildman–Crippen LogP) is 1.54. The van der Waals surface area contributed by atoms with Crippen LogP contribution in [0.3, 0.4) is 0 Å². The predicted molar refractivity (Wildman–Crippen MR) is 60.0 cm³/mol. The van der Waals surface area contributed by atoms with Gasteiger partial charge < -0.3 is 10.4 Å². The summed E-state index contributed by atoms with van der Waals surface area (Å²) in [7, 11) is 0. The van der Waals surface area contributed by atoms with Crippen molar-refractivity contribution in [3.63, 3.8) is 0 Å². The van der Waals surface area contributed by atoms with Gasteiger partial charge in [0.2, 0.25) is 0 Å². The lowest BCUT2D eigenvalue weighted by atomic mass is 10.1. The average Bonchev–Trinajstić information content (AvgIpc) is 2.26. The van der Waals surface area contributed by atoms with Crippen molar-refractivity contribution in [3.8, 4) is 0 Å². The Morgan fingerprint density at radius 2 is 2.07 bits per heavy atom. The summed E-state index contributed by atoms with van der Waals surface area (Å²) in [5.74, 6) is 0.257. The molecule has 2 N–H and O–H groups in total. The Morgan fingerprint density at radius 3 is 2.53 bits per heavy atom. The van der Waals surface area contributed by atoms with E-state index < -0.39 is 6.10 Å². The number of nitrogens with one attached hydrogen (secondary N) is 1. The Bertz CT molecular complexity index is 322. The van der Waals surface area contributed by atoms with Crippen LogP contribution >= 0.6 is 11.6 Å². The summed E-state index contributed by atoms with van der Waals surface area (Å²) in [6.45, 7) is 1.88. The molecular weight excluding hydrogens is 214 g/mol. The van der Waals surface area contributed by atoms with E-state index in [1.165, 1.54) is 0 Å². The molecule has 0 aliphatic rings. The zero-order valence-corrected chi connectivity index (χ0v) is 9.29. The van der Waals surface area contributed by atoms with E-state index in [2.05, 4.69) is 5.32 Å². The maximum atomic E-state index is 11.5. The van der Waals surface area contributed by atoms with Crippen LogP contribution in [0, 0.1) is 0 Å². The molecule has 1 amide bonds. The molecule has 4 heteroatoms. The smallest absolute Gasteiger partial charge is 0.251 e. The van der Waals surface area contributed by atoms with E-state index in [0.717, 1.165) is 5.56 Å². The summed E-state index contributed by atoms with van der Waals surface area (Å²) in [6.07, 6.45) is -0.531. The first-order valence-electron chi connectivity index (χ1n) is 4.74. The Morgan fingerprint density at radius 1 is 1.47 bits per heavy atom. The second-order valence-corrected chi connectivity index (χ2v) is 3.66. The third-order valence-corrected chi connectivity index (χ3v) is 2.24. The molecule has 0 saturated heterocycles.